The van der Waals surface area contributed by atoms with Gasteiger partial charge in [0.25, 0.3) is 0 Å². The van der Waals surface area contributed by atoms with Crippen molar-refractivity contribution in [2.45, 2.75) is 82.9 Å². The fourth-order valence-electron chi connectivity index (χ4n) is 2.83. The lowest BCUT2D eigenvalue weighted by Crippen LogP contribution is -2.17. The summed E-state index contributed by atoms with van der Waals surface area (Å²) >= 11 is 1.67. The van der Waals surface area contributed by atoms with Crippen molar-refractivity contribution in [3.05, 3.63) is 23.1 Å². The molecule has 1 saturated heterocycles. The highest BCUT2D eigenvalue weighted by molar-refractivity contribution is 7.99. The van der Waals surface area contributed by atoms with Gasteiger partial charge >= 0.3 is 0 Å². The van der Waals surface area contributed by atoms with Crippen LogP contribution in [0.5, 0.6) is 0 Å². The van der Waals surface area contributed by atoms with Crippen LogP contribution in [0.15, 0.2) is 9.68 Å². The van der Waals surface area contributed by atoms with E-state index in [0.717, 1.165) is 42.7 Å². The standard InChI is InChI=1S/C18H28N4O2S/c1-11-12(2)22(10-14-8-7-9-23-14)17(19-11)25-13(3)15-20-16(21-24-15)18(4,5)6/h13-14H,7-10H2,1-6H3. The summed E-state index contributed by atoms with van der Waals surface area (Å²) in [6.07, 6.45) is 2.56. The Morgan fingerprint density at radius 2 is 2.04 bits per heavy atom. The third kappa shape index (κ3) is 4.08. The van der Waals surface area contributed by atoms with Crippen LogP contribution in [-0.2, 0) is 16.7 Å². The van der Waals surface area contributed by atoms with Crippen LogP contribution in [0.2, 0.25) is 0 Å². The number of hydrogen-bond donors (Lipinski definition) is 0. The van der Waals surface area contributed by atoms with Crippen molar-refractivity contribution < 1.29 is 9.26 Å². The van der Waals surface area contributed by atoms with Gasteiger partial charge in [-0.15, -0.1) is 0 Å². The van der Waals surface area contributed by atoms with Gasteiger partial charge in [-0.25, -0.2) is 4.98 Å². The Kier molecular flexibility index (Phi) is 5.25. The number of nitrogens with zero attached hydrogens (tertiary/aromatic N) is 4. The van der Waals surface area contributed by atoms with E-state index in [4.69, 9.17) is 14.2 Å². The molecule has 2 atom stereocenters. The van der Waals surface area contributed by atoms with Gasteiger partial charge in [-0.3, -0.25) is 0 Å². The fourth-order valence-corrected chi connectivity index (χ4v) is 3.88. The Labute approximate surface area is 153 Å². The molecule has 6 nitrogen and oxygen atoms in total. The summed E-state index contributed by atoms with van der Waals surface area (Å²) in [5, 5.41) is 5.17. The first kappa shape index (κ1) is 18.5. The topological polar surface area (TPSA) is 66.0 Å². The monoisotopic (exact) mass is 364 g/mol. The van der Waals surface area contributed by atoms with Crippen LogP contribution in [0.4, 0.5) is 0 Å². The average Bonchev–Trinajstić information content (AvgIpc) is 3.25. The van der Waals surface area contributed by atoms with Crippen molar-refractivity contribution in [2.75, 3.05) is 6.61 Å². The van der Waals surface area contributed by atoms with Crippen LogP contribution in [0.25, 0.3) is 0 Å². The molecule has 0 amide bonds. The summed E-state index contributed by atoms with van der Waals surface area (Å²) in [6.45, 7) is 14.2. The maximum absolute atomic E-state index is 5.81. The molecule has 0 N–H and O–H groups in total. The summed E-state index contributed by atoms with van der Waals surface area (Å²) in [5.41, 5.74) is 2.15. The van der Waals surface area contributed by atoms with Gasteiger partial charge in [0.05, 0.1) is 23.6 Å². The minimum atomic E-state index is -0.113. The third-order valence-corrected chi connectivity index (χ3v) is 5.65. The second kappa shape index (κ2) is 7.11. The molecular formula is C18H28N4O2S. The van der Waals surface area contributed by atoms with E-state index in [9.17, 15) is 0 Å². The summed E-state index contributed by atoms with van der Waals surface area (Å²) in [7, 11) is 0. The number of aromatic nitrogens is 4. The third-order valence-electron chi connectivity index (χ3n) is 4.58. The zero-order chi connectivity index (χ0) is 18.2. The Morgan fingerprint density at radius 3 is 2.64 bits per heavy atom. The van der Waals surface area contributed by atoms with Gasteiger partial charge in [0, 0.05) is 17.7 Å². The highest BCUT2D eigenvalue weighted by Gasteiger charge is 2.26. The molecule has 0 spiro atoms. The highest BCUT2D eigenvalue weighted by atomic mass is 32.2. The number of rotatable bonds is 5. The number of thioether (sulfide) groups is 1. The van der Waals surface area contributed by atoms with Gasteiger partial charge in [0.1, 0.15) is 0 Å². The number of ether oxygens (including phenoxy) is 1. The van der Waals surface area contributed by atoms with E-state index < -0.39 is 0 Å². The van der Waals surface area contributed by atoms with Gasteiger partial charge < -0.3 is 13.8 Å². The molecule has 0 radical (unpaired) electrons. The van der Waals surface area contributed by atoms with Gasteiger partial charge in [-0.1, -0.05) is 37.7 Å². The molecule has 1 fully saturated rings. The lowest BCUT2D eigenvalue weighted by Gasteiger charge is -2.15. The van der Waals surface area contributed by atoms with Crippen molar-refractivity contribution >= 4 is 11.8 Å². The summed E-state index contributed by atoms with van der Waals surface area (Å²) in [5.74, 6) is 1.39. The molecular weight excluding hydrogens is 336 g/mol. The van der Waals surface area contributed by atoms with Gasteiger partial charge in [0.2, 0.25) is 5.89 Å². The van der Waals surface area contributed by atoms with Crippen molar-refractivity contribution in [1.29, 1.82) is 0 Å². The van der Waals surface area contributed by atoms with Crippen molar-refractivity contribution in [3.8, 4) is 0 Å². The van der Waals surface area contributed by atoms with Crippen LogP contribution in [-0.4, -0.2) is 32.4 Å². The minimum Gasteiger partial charge on any atom is -0.376 e. The van der Waals surface area contributed by atoms with Crippen LogP contribution in [0, 0.1) is 13.8 Å². The maximum Gasteiger partial charge on any atom is 0.239 e. The Balaban J connectivity index is 1.77. The minimum absolute atomic E-state index is 0.0491. The maximum atomic E-state index is 5.81. The van der Waals surface area contributed by atoms with Gasteiger partial charge in [-0.2, -0.15) is 4.98 Å². The molecule has 0 aliphatic carbocycles. The van der Waals surface area contributed by atoms with Crippen LogP contribution < -0.4 is 0 Å². The second-order valence-corrected chi connectivity index (χ2v) is 9.09. The molecule has 25 heavy (non-hydrogen) atoms. The zero-order valence-electron chi connectivity index (χ0n) is 16.0. The molecule has 2 unspecified atom stereocenters. The van der Waals surface area contributed by atoms with E-state index in [1.807, 2.05) is 0 Å². The van der Waals surface area contributed by atoms with Gasteiger partial charge in [-0.05, 0) is 33.6 Å². The lowest BCUT2D eigenvalue weighted by atomic mass is 9.96. The molecule has 3 rings (SSSR count). The Hall–Kier alpha value is -1.34. The second-order valence-electron chi connectivity index (χ2n) is 7.78. The molecule has 0 bridgehead atoms. The van der Waals surface area contributed by atoms with E-state index in [0.29, 0.717) is 5.89 Å². The highest BCUT2D eigenvalue weighted by Crippen LogP contribution is 2.35. The fraction of sp³-hybridized carbons (Fsp3) is 0.722. The average molecular weight is 365 g/mol. The molecule has 2 aromatic heterocycles. The summed E-state index contributed by atoms with van der Waals surface area (Å²) in [6, 6.07) is 0. The van der Waals surface area contributed by atoms with E-state index in [2.05, 4.69) is 56.3 Å². The molecule has 2 aromatic rings. The van der Waals surface area contributed by atoms with Crippen molar-refractivity contribution in [2.24, 2.45) is 0 Å². The number of aryl methyl sites for hydroxylation is 1. The predicted octanol–water partition coefficient (Wildman–Crippen LogP) is 4.21. The summed E-state index contributed by atoms with van der Waals surface area (Å²) < 4.78 is 13.6. The predicted molar refractivity (Wildman–Crippen MR) is 97.9 cm³/mol. The lowest BCUT2D eigenvalue weighted by molar-refractivity contribution is 0.0944. The first-order chi connectivity index (χ1) is 11.8. The molecule has 138 valence electrons. The Bertz CT molecular complexity index is 726. The molecule has 0 aromatic carbocycles. The summed E-state index contributed by atoms with van der Waals surface area (Å²) in [4.78, 5) is 9.33. The van der Waals surface area contributed by atoms with Crippen LogP contribution in [0.1, 0.15) is 68.9 Å². The van der Waals surface area contributed by atoms with Gasteiger partial charge in [0.15, 0.2) is 11.0 Å². The first-order valence-corrected chi connectivity index (χ1v) is 9.79. The molecule has 3 heterocycles. The smallest absolute Gasteiger partial charge is 0.239 e. The van der Waals surface area contributed by atoms with Crippen LogP contribution >= 0.6 is 11.8 Å². The molecule has 1 aliphatic heterocycles. The normalized spacial score (nSPS) is 19.5. The Morgan fingerprint density at radius 1 is 1.28 bits per heavy atom. The molecule has 7 heteroatoms. The van der Waals surface area contributed by atoms with E-state index in [-0.39, 0.29) is 16.8 Å². The zero-order valence-corrected chi connectivity index (χ0v) is 16.8. The van der Waals surface area contributed by atoms with Crippen molar-refractivity contribution in [3.63, 3.8) is 0 Å². The van der Waals surface area contributed by atoms with E-state index >= 15 is 0 Å². The van der Waals surface area contributed by atoms with E-state index in [1.165, 1.54) is 5.69 Å². The largest absolute Gasteiger partial charge is 0.376 e. The van der Waals surface area contributed by atoms with Crippen molar-refractivity contribution in [1.82, 2.24) is 19.7 Å². The molecule has 0 saturated carbocycles. The van der Waals surface area contributed by atoms with Crippen LogP contribution in [0.3, 0.4) is 0 Å². The quantitative estimate of drug-likeness (QED) is 0.740. The first-order valence-electron chi connectivity index (χ1n) is 8.91. The molecule has 1 aliphatic rings. The van der Waals surface area contributed by atoms with E-state index in [1.54, 1.807) is 11.8 Å². The number of imidazole rings is 1. The SMILES string of the molecule is Cc1nc(SC(C)c2nc(C(C)(C)C)no2)n(CC2CCCO2)c1C. The number of hydrogen-bond acceptors (Lipinski definition) is 6.